The zero-order chi connectivity index (χ0) is 12.4. The molecule has 1 aromatic rings. The fourth-order valence-electron chi connectivity index (χ4n) is 2.45. The highest BCUT2D eigenvalue weighted by molar-refractivity contribution is 5.82. The molecule has 3 N–H and O–H groups in total. The molecular weight excluding hydrogens is 230 g/mol. The van der Waals surface area contributed by atoms with Crippen LogP contribution in [-0.2, 0) is 4.79 Å². The van der Waals surface area contributed by atoms with Crippen LogP contribution in [0.3, 0.4) is 0 Å². The van der Waals surface area contributed by atoms with Crippen molar-refractivity contribution < 1.29 is 9.53 Å². The molecule has 0 aliphatic carbocycles. The molecule has 0 bridgehead atoms. The van der Waals surface area contributed by atoms with Gasteiger partial charge in [0.15, 0.2) is 0 Å². The number of para-hydroxylation sites is 1. The maximum Gasteiger partial charge on any atom is 0.239 e. The Hall–Kier alpha value is -1.59. The smallest absolute Gasteiger partial charge is 0.239 e. The van der Waals surface area contributed by atoms with Gasteiger partial charge in [-0.15, -0.1) is 0 Å². The summed E-state index contributed by atoms with van der Waals surface area (Å²) in [6.07, 6.45) is 1.65. The number of fused-ring (bicyclic) bond motifs is 1. The third-order valence-corrected chi connectivity index (χ3v) is 3.43. The average molecular weight is 247 g/mol. The Bertz CT molecular complexity index is 444. The van der Waals surface area contributed by atoms with Crippen molar-refractivity contribution in [1.29, 1.82) is 0 Å². The number of hydrazine groups is 1. The maximum atomic E-state index is 12.1. The van der Waals surface area contributed by atoms with Crippen LogP contribution in [0.2, 0.25) is 0 Å². The summed E-state index contributed by atoms with van der Waals surface area (Å²) < 4.78 is 5.58. The molecular formula is C13H17N3O2. The van der Waals surface area contributed by atoms with Gasteiger partial charge in [-0.1, -0.05) is 18.2 Å². The van der Waals surface area contributed by atoms with Crippen molar-refractivity contribution in [3.8, 4) is 5.75 Å². The van der Waals surface area contributed by atoms with E-state index in [0.29, 0.717) is 6.61 Å². The number of amides is 1. The van der Waals surface area contributed by atoms with Crippen LogP contribution in [-0.4, -0.2) is 25.1 Å². The lowest BCUT2D eigenvalue weighted by Gasteiger charge is -2.27. The van der Waals surface area contributed by atoms with E-state index in [-0.39, 0.29) is 18.0 Å². The number of hydrogen-bond acceptors (Lipinski definition) is 4. The van der Waals surface area contributed by atoms with Crippen LogP contribution in [0.25, 0.3) is 0 Å². The van der Waals surface area contributed by atoms with Crippen molar-refractivity contribution in [3.05, 3.63) is 29.8 Å². The zero-order valence-electron chi connectivity index (χ0n) is 10.1. The molecule has 2 heterocycles. The SMILES string of the molecule is O=C(NC1CCOc2ccccc21)C1CCNN1. The number of carbonyl (C=O) groups is 1. The molecule has 3 rings (SSSR count). The lowest BCUT2D eigenvalue weighted by atomic mass is 10.00. The Kier molecular flexibility index (Phi) is 3.17. The van der Waals surface area contributed by atoms with Crippen LogP contribution in [0.4, 0.5) is 0 Å². The summed E-state index contributed by atoms with van der Waals surface area (Å²) in [5, 5.41) is 3.10. The number of hydrogen-bond donors (Lipinski definition) is 3. The first kappa shape index (κ1) is 11.5. The molecule has 0 saturated carbocycles. The van der Waals surface area contributed by atoms with Gasteiger partial charge < -0.3 is 10.1 Å². The number of ether oxygens (including phenoxy) is 1. The summed E-state index contributed by atoms with van der Waals surface area (Å²) in [4.78, 5) is 12.1. The first-order valence-corrected chi connectivity index (χ1v) is 6.35. The lowest BCUT2D eigenvalue weighted by molar-refractivity contribution is -0.123. The van der Waals surface area contributed by atoms with E-state index in [1.165, 1.54) is 0 Å². The van der Waals surface area contributed by atoms with Crippen LogP contribution in [0.15, 0.2) is 24.3 Å². The molecule has 2 unspecified atom stereocenters. The van der Waals surface area contributed by atoms with Crippen molar-refractivity contribution in [2.75, 3.05) is 13.2 Å². The van der Waals surface area contributed by atoms with E-state index in [1.54, 1.807) is 0 Å². The fraction of sp³-hybridized carbons (Fsp3) is 0.462. The van der Waals surface area contributed by atoms with Crippen molar-refractivity contribution in [2.24, 2.45) is 0 Å². The van der Waals surface area contributed by atoms with Gasteiger partial charge in [-0.2, -0.15) is 0 Å². The molecule has 1 saturated heterocycles. The van der Waals surface area contributed by atoms with Crippen molar-refractivity contribution in [1.82, 2.24) is 16.2 Å². The molecule has 2 atom stereocenters. The minimum absolute atomic E-state index is 0.0571. The summed E-state index contributed by atoms with van der Waals surface area (Å²) in [5.41, 5.74) is 7.02. The Morgan fingerprint density at radius 1 is 1.33 bits per heavy atom. The predicted molar refractivity (Wildman–Crippen MR) is 67.0 cm³/mol. The average Bonchev–Trinajstić information content (AvgIpc) is 2.93. The van der Waals surface area contributed by atoms with E-state index in [1.807, 2.05) is 24.3 Å². The highest BCUT2D eigenvalue weighted by Gasteiger charge is 2.27. The summed E-state index contributed by atoms with van der Waals surface area (Å²) in [7, 11) is 0. The van der Waals surface area contributed by atoms with Crippen LogP contribution in [0, 0.1) is 0 Å². The lowest BCUT2D eigenvalue weighted by Crippen LogP contribution is -2.45. The molecule has 5 heteroatoms. The highest BCUT2D eigenvalue weighted by Crippen LogP contribution is 2.31. The maximum absolute atomic E-state index is 12.1. The van der Waals surface area contributed by atoms with Gasteiger partial charge >= 0.3 is 0 Å². The van der Waals surface area contributed by atoms with E-state index in [2.05, 4.69) is 16.2 Å². The Morgan fingerprint density at radius 2 is 2.22 bits per heavy atom. The predicted octanol–water partition coefficient (Wildman–Crippen LogP) is 0.493. The van der Waals surface area contributed by atoms with Gasteiger partial charge in [-0.05, 0) is 12.5 Å². The first-order chi connectivity index (χ1) is 8.84. The molecule has 5 nitrogen and oxygen atoms in total. The topological polar surface area (TPSA) is 62.4 Å². The molecule has 1 fully saturated rings. The van der Waals surface area contributed by atoms with E-state index in [9.17, 15) is 4.79 Å². The molecule has 0 spiro atoms. The Balaban J connectivity index is 1.72. The van der Waals surface area contributed by atoms with Gasteiger partial charge in [-0.3, -0.25) is 10.2 Å². The van der Waals surface area contributed by atoms with E-state index >= 15 is 0 Å². The van der Waals surface area contributed by atoms with E-state index < -0.39 is 0 Å². The minimum Gasteiger partial charge on any atom is -0.493 e. The summed E-state index contributed by atoms with van der Waals surface area (Å²) >= 11 is 0. The van der Waals surface area contributed by atoms with Crippen molar-refractivity contribution >= 4 is 5.91 Å². The van der Waals surface area contributed by atoms with Gasteiger partial charge in [0.05, 0.1) is 12.6 Å². The van der Waals surface area contributed by atoms with Crippen molar-refractivity contribution in [3.63, 3.8) is 0 Å². The number of carbonyl (C=O) groups excluding carboxylic acids is 1. The molecule has 96 valence electrons. The Labute approximate surface area is 106 Å². The second-order valence-corrected chi connectivity index (χ2v) is 4.65. The zero-order valence-corrected chi connectivity index (χ0v) is 10.1. The number of benzene rings is 1. The normalized spacial score (nSPS) is 26.2. The van der Waals surface area contributed by atoms with Gasteiger partial charge in [0.25, 0.3) is 0 Å². The molecule has 1 amide bonds. The van der Waals surface area contributed by atoms with Crippen LogP contribution < -0.4 is 20.9 Å². The van der Waals surface area contributed by atoms with Crippen LogP contribution in [0.5, 0.6) is 5.75 Å². The largest absolute Gasteiger partial charge is 0.493 e. The second kappa shape index (κ2) is 4.96. The highest BCUT2D eigenvalue weighted by atomic mass is 16.5. The first-order valence-electron chi connectivity index (χ1n) is 6.35. The molecule has 0 aromatic heterocycles. The van der Waals surface area contributed by atoms with Crippen LogP contribution in [0.1, 0.15) is 24.4 Å². The van der Waals surface area contributed by atoms with Gasteiger partial charge in [-0.25, -0.2) is 5.43 Å². The quantitative estimate of drug-likeness (QED) is 0.712. The molecule has 0 radical (unpaired) electrons. The van der Waals surface area contributed by atoms with Gasteiger partial charge in [0.2, 0.25) is 5.91 Å². The minimum atomic E-state index is -0.125. The number of rotatable bonds is 2. The monoisotopic (exact) mass is 247 g/mol. The summed E-state index contributed by atoms with van der Waals surface area (Å²) in [6.45, 7) is 1.49. The third kappa shape index (κ3) is 2.19. The van der Waals surface area contributed by atoms with E-state index in [0.717, 1.165) is 30.7 Å². The summed E-state index contributed by atoms with van der Waals surface area (Å²) in [5.74, 6) is 0.938. The molecule has 2 aliphatic heterocycles. The molecule has 2 aliphatic rings. The Morgan fingerprint density at radius 3 is 3.06 bits per heavy atom. The van der Waals surface area contributed by atoms with Crippen molar-refractivity contribution in [2.45, 2.75) is 24.9 Å². The van der Waals surface area contributed by atoms with E-state index in [4.69, 9.17) is 4.74 Å². The number of nitrogens with one attached hydrogen (secondary N) is 3. The second-order valence-electron chi connectivity index (χ2n) is 4.65. The third-order valence-electron chi connectivity index (χ3n) is 3.43. The van der Waals surface area contributed by atoms with Gasteiger partial charge in [0.1, 0.15) is 11.8 Å². The van der Waals surface area contributed by atoms with Crippen LogP contribution >= 0.6 is 0 Å². The van der Waals surface area contributed by atoms with Gasteiger partial charge in [0, 0.05) is 18.5 Å². The summed E-state index contributed by atoms with van der Waals surface area (Å²) in [6, 6.07) is 7.82. The standard InChI is InChI=1S/C13H17N3O2/c17-13(11-5-7-14-16-11)15-10-6-8-18-12-4-2-1-3-9(10)12/h1-4,10-11,14,16H,5-8H2,(H,15,17). The molecule has 18 heavy (non-hydrogen) atoms. The fourth-order valence-corrected chi connectivity index (χ4v) is 2.45. The molecule has 1 aromatic carbocycles.